The highest BCUT2D eigenvalue weighted by Crippen LogP contribution is 2.33. The lowest BCUT2D eigenvalue weighted by atomic mass is 10.0. The normalized spacial score (nSPS) is 12.3. The van der Waals surface area contributed by atoms with Crippen molar-refractivity contribution in [3.8, 4) is 22.3 Å². The molecule has 0 atom stereocenters. The molecule has 8 bridgehead atoms. The average molecular weight is 491 g/mol. The smallest absolute Gasteiger partial charge is 0.0737 e. The minimum atomic E-state index is 0.945. The molecule has 2 N–H and O–H groups in total. The molecule has 0 radical (unpaired) electrons. The van der Waals surface area contributed by atoms with Crippen molar-refractivity contribution in [1.29, 1.82) is 0 Å². The zero-order chi connectivity index (χ0) is 25.6. The van der Waals surface area contributed by atoms with Gasteiger partial charge in [0.25, 0.3) is 0 Å². The average Bonchev–Trinajstić information content (AvgIpc) is 3.77. The summed E-state index contributed by atoms with van der Waals surface area (Å²) in [5, 5.41) is 0. The molecule has 2 aromatic carbocycles. The Kier molecular flexibility index (Phi) is 5.19. The zero-order valence-corrected chi connectivity index (χ0v) is 21.3. The summed E-state index contributed by atoms with van der Waals surface area (Å²) < 4.78 is 0. The van der Waals surface area contributed by atoms with E-state index in [1.165, 1.54) is 0 Å². The van der Waals surface area contributed by atoms with Crippen LogP contribution in [-0.2, 0) is 0 Å². The predicted molar refractivity (Wildman–Crippen MR) is 159 cm³/mol. The Balaban J connectivity index is 1.64. The van der Waals surface area contributed by atoms with Crippen LogP contribution in [0.15, 0.2) is 84.9 Å². The fourth-order valence-electron chi connectivity index (χ4n) is 5.31. The molecule has 0 saturated carbocycles. The molecule has 2 aliphatic heterocycles. The molecule has 182 valence electrons. The van der Waals surface area contributed by atoms with Crippen molar-refractivity contribution in [2.24, 2.45) is 0 Å². The SMILES string of the molecule is Cc1c2nc(c(-c3ccccc3)c3ccc([nH]3)c(C)c3nc(c(-c4ccccc4)c4ccc1[nH]4)C=C3)C=C2. The summed E-state index contributed by atoms with van der Waals surface area (Å²) in [5.74, 6) is 0. The highest BCUT2D eigenvalue weighted by Gasteiger charge is 2.15. The molecule has 0 unspecified atom stereocenters. The van der Waals surface area contributed by atoms with Crippen molar-refractivity contribution in [3.63, 3.8) is 0 Å². The van der Waals surface area contributed by atoms with Gasteiger partial charge >= 0.3 is 0 Å². The second-order valence-corrected chi connectivity index (χ2v) is 9.73. The van der Waals surface area contributed by atoms with Crippen LogP contribution in [0, 0.1) is 13.8 Å². The van der Waals surface area contributed by atoms with E-state index < -0.39 is 0 Å². The van der Waals surface area contributed by atoms with Crippen molar-refractivity contribution in [1.82, 2.24) is 19.9 Å². The van der Waals surface area contributed by atoms with E-state index in [1.54, 1.807) is 0 Å². The summed E-state index contributed by atoms with van der Waals surface area (Å²) in [4.78, 5) is 17.6. The lowest BCUT2D eigenvalue weighted by Gasteiger charge is -2.04. The molecule has 0 saturated heterocycles. The van der Waals surface area contributed by atoms with Crippen molar-refractivity contribution in [2.75, 3.05) is 0 Å². The van der Waals surface area contributed by atoms with Gasteiger partial charge in [-0.05, 0) is 84.7 Å². The number of H-pyrrole nitrogens is 2. The number of rotatable bonds is 2. The number of aromatic amines is 2. The van der Waals surface area contributed by atoms with E-state index in [-0.39, 0.29) is 0 Å². The largest absolute Gasteiger partial charge is 0.355 e. The molecule has 0 amide bonds. The van der Waals surface area contributed by atoms with E-state index in [1.807, 2.05) is 12.1 Å². The number of fused-ring (bicyclic) bond motifs is 8. The van der Waals surface area contributed by atoms with Gasteiger partial charge in [0.1, 0.15) is 0 Å². The van der Waals surface area contributed by atoms with Gasteiger partial charge in [0.2, 0.25) is 0 Å². The molecule has 3 aromatic heterocycles. The van der Waals surface area contributed by atoms with E-state index >= 15 is 0 Å². The lowest BCUT2D eigenvalue weighted by molar-refractivity contribution is 1.26. The minimum Gasteiger partial charge on any atom is -0.355 e. The first kappa shape index (κ1) is 22.3. The number of nitrogens with one attached hydrogen (secondary N) is 2. The van der Waals surface area contributed by atoms with E-state index in [4.69, 9.17) is 9.97 Å². The number of aromatic nitrogens is 4. The molecule has 38 heavy (non-hydrogen) atoms. The third-order valence-corrected chi connectivity index (χ3v) is 7.40. The Morgan fingerprint density at radius 3 is 1.21 bits per heavy atom. The third kappa shape index (κ3) is 3.70. The van der Waals surface area contributed by atoms with Gasteiger partial charge in [-0.3, -0.25) is 0 Å². The maximum absolute atomic E-state index is 5.11. The first-order chi connectivity index (χ1) is 18.7. The summed E-state index contributed by atoms with van der Waals surface area (Å²) in [6, 6.07) is 29.5. The quantitative estimate of drug-likeness (QED) is 0.255. The summed E-state index contributed by atoms with van der Waals surface area (Å²) in [6.45, 7) is 4.25. The van der Waals surface area contributed by atoms with Gasteiger partial charge in [-0.25, -0.2) is 9.97 Å². The molecular weight excluding hydrogens is 464 g/mol. The van der Waals surface area contributed by atoms with Gasteiger partial charge in [0.05, 0.1) is 22.8 Å². The number of aryl methyl sites for hydroxylation is 2. The van der Waals surface area contributed by atoms with Crippen LogP contribution in [0.5, 0.6) is 0 Å². The van der Waals surface area contributed by atoms with Crippen LogP contribution < -0.4 is 0 Å². The number of hydrogen-bond donors (Lipinski definition) is 2. The Bertz CT molecular complexity index is 1780. The highest BCUT2D eigenvalue weighted by atomic mass is 14.8. The van der Waals surface area contributed by atoms with Crippen LogP contribution in [0.1, 0.15) is 33.9 Å². The highest BCUT2D eigenvalue weighted by molar-refractivity contribution is 5.94. The Morgan fingerprint density at radius 2 is 0.789 bits per heavy atom. The van der Waals surface area contributed by atoms with Crippen LogP contribution in [0.2, 0.25) is 0 Å². The zero-order valence-electron chi connectivity index (χ0n) is 21.3. The first-order valence-corrected chi connectivity index (χ1v) is 12.9. The first-order valence-electron chi connectivity index (χ1n) is 12.9. The molecule has 0 fully saturated rings. The molecule has 5 aromatic rings. The molecule has 4 nitrogen and oxygen atoms in total. The summed E-state index contributed by atoms with van der Waals surface area (Å²) >= 11 is 0. The van der Waals surface area contributed by atoms with Crippen LogP contribution in [0.3, 0.4) is 0 Å². The summed E-state index contributed by atoms with van der Waals surface area (Å²) in [6.07, 6.45) is 8.46. The van der Waals surface area contributed by atoms with Crippen LogP contribution >= 0.6 is 0 Å². The Labute approximate surface area is 221 Å². The van der Waals surface area contributed by atoms with Crippen molar-refractivity contribution >= 4 is 46.4 Å². The Hall–Kier alpha value is -4.96. The molecule has 5 heterocycles. The maximum Gasteiger partial charge on any atom is 0.0737 e. The van der Waals surface area contributed by atoms with Crippen molar-refractivity contribution in [2.45, 2.75) is 13.8 Å². The molecule has 2 aliphatic rings. The van der Waals surface area contributed by atoms with E-state index in [0.29, 0.717) is 0 Å². The lowest BCUT2D eigenvalue weighted by Crippen LogP contribution is -1.88. The number of hydrogen-bond acceptors (Lipinski definition) is 2. The second kappa shape index (κ2) is 8.86. The van der Waals surface area contributed by atoms with Crippen LogP contribution in [0.25, 0.3) is 68.6 Å². The predicted octanol–water partition coefficient (Wildman–Crippen LogP) is 8.61. The fourth-order valence-corrected chi connectivity index (χ4v) is 5.31. The molecular formula is C34H26N4. The standard InChI is InChI=1S/C34H26N4/c1-21-25-13-17-29(35-25)33(23-9-5-3-6-10-23)31-19-15-27(37-31)22(2)28-16-20-32(38-28)34(24-11-7-4-8-12-24)30-18-14-26(21)36-30/h3-20,35,38H,1-2H3. The topological polar surface area (TPSA) is 57.4 Å². The van der Waals surface area contributed by atoms with E-state index in [9.17, 15) is 0 Å². The van der Waals surface area contributed by atoms with Gasteiger partial charge in [-0.1, -0.05) is 60.7 Å². The Morgan fingerprint density at radius 1 is 0.421 bits per heavy atom. The van der Waals surface area contributed by atoms with Gasteiger partial charge in [0, 0.05) is 33.2 Å². The summed E-state index contributed by atoms with van der Waals surface area (Å²) in [7, 11) is 0. The van der Waals surface area contributed by atoms with Crippen molar-refractivity contribution < 1.29 is 0 Å². The van der Waals surface area contributed by atoms with Gasteiger partial charge in [-0.2, -0.15) is 0 Å². The maximum atomic E-state index is 5.11. The van der Waals surface area contributed by atoms with Gasteiger partial charge in [0.15, 0.2) is 0 Å². The van der Waals surface area contributed by atoms with Gasteiger partial charge < -0.3 is 9.97 Å². The number of benzene rings is 2. The molecule has 0 aliphatic carbocycles. The van der Waals surface area contributed by atoms with E-state index in [0.717, 1.165) is 78.2 Å². The van der Waals surface area contributed by atoms with Crippen LogP contribution in [0.4, 0.5) is 0 Å². The third-order valence-electron chi connectivity index (χ3n) is 7.40. The van der Waals surface area contributed by atoms with Crippen molar-refractivity contribution in [3.05, 3.63) is 119 Å². The van der Waals surface area contributed by atoms with E-state index in [2.05, 4.69) is 121 Å². The number of nitrogens with zero attached hydrogens (tertiary/aromatic N) is 2. The van der Waals surface area contributed by atoms with Crippen LogP contribution in [-0.4, -0.2) is 19.9 Å². The van der Waals surface area contributed by atoms with Gasteiger partial charge in [-0.15, -0.1) is 0 Å². The minimum absolute atomic E-state index is 0.945. The fraction of sp³-hybridized carbons (Fsp3) is 0.0588. The second-order valence-electron chi connectivity index (χ2n) is 9.73. The molecule has 4 heteroatoms. The monoisotopic (exact) mass is 490 g/mol. The molecule has 7 rings (SSSR count). The summed E-state index contributed by atoms with van der Waals surface area (Å²) in [5.41, 5.74) is 14.6. The molecule has 0 spiro atoms.